The molecule has 5 nitrogen and oxygen atoms in total. The summed E-state index contributed by atoms with van der Waals surface area (Å²) in [4.78, 5) is 0. The molecule has 90 valence electrons. The van der Waals surface area contributed by atoms with Crippen molar-refractivity contribution in [2.45, 2.75) is 25.0 Å². The monoisotopic (exact) mass is 236 g/mol. The van der Waals surface area contributed by atoms with Crippen molar-refractivity contribution in [2.75, 3.05) is 32.8 Å². The summed E-state index contributed by atoms with van der Waals surface area (Å²) in [5.74, 6) is 0. The minimum atomic E-state index is -3.16. The van der Waals surface area contributed by atoms with E-state index in [1.807, 2.05) is 6.92 Å². The number of hydrogen-bond donors (Lipinski definition) is 2. The van der Waals surface area contributed by atoms with Gasteiger partial charge in [0.1, 0.15) is 0 Å². The molecular weight excluding hydrogens is 216 g/mol. The van der Waals surface area contributed by atoms with E-state index in [1.165, 1.54) is 0 Å². The van der Waals surface area contributed by atoms with Crippen LogP contribution in [0.15, 0.2) is 0 Å². The predicted octanol–water partition coefficient (Wildman–Crippen LogP) is -0.306. The molecule has 0 radical (unpaired) electrons. The molecule has 0 saturated carbocycles. The highest BCUT2D eigenvalue weighted by Gasteiger charge is 2.26. The molecule has 1 atom stereocenters. The van der Waals surface area contributed by atoms with Gasteiger partial charge < -0.3 is 10.1 Å². The third-order valence-corrected chi connectivity index (χ3v) is 4.33. The van der Waals surface area contributed by atoms with E-state index in [-0.39, 0.29) is 5.25 Å². The summed E-state index contributed by atoms with van der Waals surface area (Å²) in [7, 11) is -3.16. The van der Waals surface area contributed by atoms with Crippen LogP contribution >= 0.6 is 0 Å². The fourth-order valence-electron chi connectivity index (χ4n) is 1.60. The Morgan fingerprint density at radius 3 is 2.93 bits per heavy atom. The fourth-order valence-corrected chi connectivity index (χ4v) is 3.02. The zero-order valence-corrected chi connectivity index (χ0v) is 9.98. The van der Waals surface area contributed by atoms with Gasteiger partial charge >= 0.3 is 0 Å². The maximum Gasteiger partial charge on any atom is 0.215 e. The first-order valence-electron chi connectivity index (χ1n) is 5.43. The molecule has 0 spiro atoms. The van der Waals surface area contributed by atoms with Gasteiger partial charge in [0.05, 0.1) is 11.9 Å². The number of rotatable bonds is 6. The molecule has 0 aromatic rings. The molecule has 0 aromatic heterocycles. The van der Waals surface area contributed by atoms with Gasteiger partial charge in [-0.15, -0.1) is 0 Å². The molecule has 1 saturated heterocycles. The van der Waals surface area contributed by atoms with E-state index >= 15 is 0 Å². The van der Waals surface area contributed by atoms with Crippen molar-refractivity contribution in [3.05, 3.63) is 0 Å². The Labute approximate surface area is 91.6 Å². The number of ether oxygens (including phenoxy) is 1. The van der Waals surface area contributed by atoms with Crippen LogP contribution in [0.4, 0.5) is 0 Å². The minimum Gasteiger partial charge on any atom is -0.380 e. The van der Waals surface area contributed by atoms with Crippen molar-refractivity contribution in [1.29, 1.82) is 0 Å². The summed E-state index contributed by atoms with van der Waals surface area (Å²) in [5, 5.41) is 2.81. The van der Waals surface area contributed by atoms with Crippen LogP contribution in [0.2, 0.25) is 0 Å². The van der Waals surface area contributed by atoms with Crippen molar-refractivity contribution in [3.8, 4) is 0 Å². The molecule has 1 rings (SSSR count). The van der Waals surface area contributed by atoms with Crippen LogP contribution in [0, 0.1) is 0 Å². The van der Waals surface area contributed by atoms with E-state index in [1.54, 1.807) is 0 Å². The van der Waals surface area contributed by atoms with Gasteiger partial charge in [-0.1, -0.05) is 0 Å². The van der Waals surface area contributed by atoms with Crippen LogP contribution in [0.5, 0.6) is 0 Å². The Kier molecular flexibility index (Phi) is 5.52. The lowest BCUT2D eigenvalue weighted by Gasteiger charge is -2.22. The van der Waals surface area contributed by atoms with Gasteiger partial charge in [-0.25, -0.2) is 13.1 Å². The first-order chi connectivity index (χ1) is 7.17. The minimum absolute atomic E-state index is 0.284. The van der Waals surface area contributed by atoms with Crippen molar-refractivity contribution in [2.24, 2.45) is 0 Å². The molecule has 0 bridgehead atoms. The fraction of sp³-hybridized carbons (Fsp3) is 1.00. The van der Waals surface area contributed by atoms with E-state index < -0.39 is 10.0 Å². The van der Waals surface area contributed by atoms with E-state index in [0.717, 1.165) is 19.4 Å². The van der Waals surface area contributed by atoms with Crippen LogP contribution < -0.4 is 10.0 Å². The standard InChI is InChI=1S/C9H20N2O3S/c1-2-14-7-6-11-15(12,13)9-4-3-5-10-8-9/h9-11H,2-8H2,1H3. The molecule has 0 aliphatic carbocycles. The average Bonchev–Trinajstić information content (AvgIpc) is 2.26. The lowest BCUT2D eigenvalue weighted by Crippen LogP contribution is -2.44. The molecule has 2 N–H and O–H groups in total. The first-order valence-corrected chi connectivity index (χ1v) is 6.98. The van der Waals surface area contributed by atoms with Crippen LogP contribution in [0.25, 0.3) is 0 Å². The SMILES string of the molecule is CCOCCNS(=O)(=O)C1CCCNC1. The second kappa shape index (κ2) is 6.42. The molecular formula is C9H20N2O3S. The smallest absolute Gasteiger partial charge is 0.215 e. The van der Waals surface area contributed by atoms with E-state index in [4.69, 9.17) is 4.74 Å². The molecule has 0 aromatic carbocycles. The van der Waals surface area contributed by atoms with Crippen molar-refractivity contribution >= 4 is 10.0 Å². The molecule has 15 heavy (non-hydrogen) atoms. The van der Waals surface area contributed by atoms with Gasteiger partial charge in [-0.2, -0.15) is 0 Å². The van der Waals surface area contributed by atoms with Crippen molar-refractivity contribution in [3.63, 3.8) is 0 Å². The topological polar surface area (TPSA) is 67.4 Å². The zero-order valence-electron chi connectivity index (χ0n) is 9.16. The third-order valence-electron chi connectivity index (χ3n) is 2.44. The van der Waals surface area contributed by atoms with Crippen molar-refractivity contribution < 1.29 is 13.2 Å². The molecule has 0 amide bonds. The first kappa shape index (κ1) is 12.9. The van der Waals surface area contributed by atoms with Gasteiger partial charge in [0, 0.05) is 19.7 Å². The maximum atomic E-state index is 11.7. The summed E-state index contributed by atoms with van der Waals surface area (Å²) in [6.07, 6.45) is 1.67. The second-order valence-corrected chi connectivity index (χ2v) is 5.65. The van der Waals surface area contributed by atoms with Crippen LogP contribution in [0.1, 0.15) is 19.8 Å². The summed E-state index contributed by atoms with van der Waals surface area (Å²) in [5.41, 5.74) is 0. The average molecular weight is 236 g/mol. The summed E-state index contributed by atoms with van der Waals surface area (Å²) in [6, 6.07) is 0. The highest BCUT2D eigenvalue weighted by Crippen LogP contribution is 2.09. The lowest BCUT2D eigenvalue weighted by molar-refractivity contribution is 0.153. The van der Waals surface area contributed by atoms with Gasteiger partial charge in [0.25, 0.3) is 0 Å². The Hall–Kier alpha value is -0.170. The zero-order chi connectivity index (χ0) is 11.1. The molecule has 1 heterocycles. The molecule has 6 heteroatoms. The largest absolute Gasteiger partial charge is 0.380 e. The number of nitrogens with one attached hydrogen (secondary N) is 2. The Morgan fingerprint density at radius 1 is 1.53 bits per heavy atom. The van der Waals surface area contributed by atoms with Crippen LogP contribution in [-0.4, -0.2) is 46.5 Å². The van der Waals surface area contributed by atoms with Crippen LogP contribution in [-0.2, 0) is 14.8 Å². The highest BCUT2D eigenvalue weighted by molar-refractivity contribution is 7.90. The van der Waals surface area contributed by atoms with Gasteiger partial charge in [0.2, 0.25) is 10.0 Å². The quantitative estimate of drug-likeness (QED) is 0.621. The van der Waals surface area contributed by atoms with E-state index in [2.05, 4.69) is 10.0 Å². The maximum absolute atomic E-state index is 11.7. The second-order valence-electron chi connectivity index (χ2n) is 3.60. The molecule has 1 unspecified atom stereocenters. The molecule has 1 fully saturated rings. The van der Waals surface area contributed by atoms with Crippen molar-refractivity contribution in [1.82, 2.24) is 10.0 Å². The number of hydrogen-bond acceptors (Lipinski definition) is 4. The van der Waals surface area contributed by atoms with Gasteiger partial charge in [0.15, 0.2) is 0 Å². The van der Waals surface area contributed by atoms with E-state index in [0.29, 0.717) is 26.3 Å². The number of piperidine rings is 1. The van der Waals surface area contributed by atoms with Crippen LogP contribution in [0.3, 0.4) is 0 Å². The predicted molar refractivity (Wildman–Crippen MR) is 59.3 cm³/mol. The Balaban J connectivity index is 2.30. The summed E-state index contributed by atoms with van der Waals surface area (Å²) >= 11 is 0. The van der Waals surface area contributed by atoms with E-state index in [9.17, 15) is 8.42 Å². The summed E-state index contributed by atoms with van der Waals surface area (Å²) in [6.45, 7) is 4.80. The Bertz CT molecular complexity index is 261. The Morgan fingerprint density at radius 2 is 2.33 bits per heavy atom. The lowest BCUT2D eigenvalue weighted by atomic mass is 10.2. The normalized spacial score (nSPS) is 22.9. The highest BCUT2D eigenvalue weighted by atomic mass is 32.2. The molecule has 1 aliphatic rings. The number of sulfonamides is 1. The third kappa shape index (κ3) is 4.46. The van der Waals surface area contributed by atoms with Gasteiger partial charge in [-0.3, -0.25) is 0 Å². The van der Waals surface area contributed by atoms with Gasteiger partial charge in [-0.05, 0) is 26.3 Å². The molecule has 1 aliphatic heterocycles. The summed E-state index contributed by atoms with van der Waals surface area (Å²) < 4.78 is 31.1.